The second kappa shape index (κ2) is 2.52. The van der Waals surface area contributed by atoms with Crippen molar-refractivity contribution in [1.29, 1.82) is 0 Å². The minimum Gasteiger partial charge on any atom is -0.261 e. The summed E-state index contributed by atoms with van der Waals surface area (Å²) >= 11 is 0. The van der Waals surface area contributed by atoms with Crippen molar-refractivity contribution in [3.8, 4) is 0 Å². The summed E-state index contributed by atoms with van der Waals surface area (Å²) in [6.45, 7) is -1.25. The van der Waals surface area contributed by atoms with Crippen LogP contribution in [-0.2, 0) is 6.54 Å². The topological polar surface area (TPSA) is 17.8 Å². The molecule has 0 bridgehead atoms. The van der Waals surface area contributed by atoms with Crippen LogP contribution in [-0.4, -0.2) is 16.0 Å². The molecule has 62 valence electrons. The molecule has 0 spiro atoms. The lowest BCUT2D eigenvalue weighted by Crippen LogP contribution is -2.17. The summed E-state index contributed by atoms with van der Waals surface area (Å²) in [7, 11) is 0. The fourth-order valence-electron chi connectivity index (χ4n) is 0.608. The Labute approximate surface area is 59.4 Å². The van der Waals surface area contributed by atoms with Gasteiger partial charge in [-0.1, -0.05) is 0 Å². The number of aromatic nitrogens is 2. The molecule has 1 heterocycles. The van der Waals surface area contributed by atoms with Crippen molar-refractivity contribution in [2.75, 3.05) is 0 Å². The van der Waals surface area contributed by atoms with E-state index in [1.807, 2.05) is 0 Å². The molecule has 0 amide bonds. The molecule has 0 N–H and O–H groups in total. The monoisotopic (exact) mass is 168 g/mol. The van der Waals surface area contributed by atoms with E-state index in [1.54, 1.807) is 0 Å². The van der Waals surface area contributed by atoms with Crippen LogP contribution in [0.4, 0.5) is 17.6 Å². The van der Waals surface area contributed by atoms with Gasteiger partial charge in [-0.25, -0.2) is 4.39 Å². The van der Waals surface area contributed by atoms with E-state index >= 15 is 0 Å². The third kappa shape index (κ3) is 2.57. The molecule has 1 rings (SSSR count). The number of hydrogen-bond acceptors (Lipinski definition) is 1. The van der Waals surface area contributed by atoms with Gasteiger partial charge in [-0.15, -0.1) is 0 Å². The van der Waals surface area contributed by atoms with Crippen LogP contribution in [0.15, 0.2) is 12.4 Å². The molecule has 0 aliphatic heterocycles. The number of rotatable bonds is 1. The number of nitrogens with zero attached hydrogens (tertiary/aromatic N) is 2. The van der Waals surface area contributed by atoms with Gasteiger partial charge in [0.05, 0.1) is 12.4 Å². The zero-order valence-electron chi connectivity index (χ0n) is 5.27. The second-order valence-electron chi connectivity index (χ2n) is 1.97. The maximum absolute atomic E-state index is 12.1. The lowest BCUT2D eigenvalue weighted by Gasteiger charge is -2.04. The molecule has 2 nitrogen and oxygen atoms in total. The Hall–Kier alpha value is -1.07. The Bertz CT molecular complexity index is 239. The van der Waals surface area contributed by atoms with E-state index in [-0.39, 0.29) is 0 Å². The Morgan fingerprint density at radius 3 is 2.45 bits per heavy atom. The molecule has 0 radical (unpaired) electrons. The summed E-state index contributed by atoms with van der Waals surface area (Å²) in [6.07, 6.45) is -2.93. The molecule has 0 saturated heterocycles. The Morgan fingerprint density at radius 1 is 1.45 bits per heavy atom. The number of halogens is 4. The quantitative estimate of drug-likeness (QED) is 0.582. The average Bonchev–Trinajstić information content (AvgIpc) is 2.10. The number of hydrogen-bond donors (Lipinski definition) is 0. The fourth-order valence-corrected chi connectivity index (χ4v) is 0.608. The third-order valence-electron chi connectivity index (χ3n) is 0.943. The minimum absolute atomic E-state index is 0.495. The van der Waals surface area contributed by atoms with Crippen LogP contribution in [0.3, 0.4) is 0 Å². The maximum atomic E-state index is 12.1. The van der Waals surface area contributed by atoms with E-state index in [0.717, 1.165) is 6.20 Å². The molecular weight excluding hydrogens is 164 g/mol. The van der Waals surface area contributed by atoms with Crippen LogP contribution < -0.4 is 0 Å². The highest BCUT2D eigenvalue weighted by Gasteiger charge is 2.28. The second-order valence-corrected chi connectivity index (χ2v) is 1.97. The van der Waals surface area contributed by atoms with E-state index in [4.69, 9.17) is 0 Å². The van der Waals surface area contributed by atoms with E-state index in [0.29, 0.717) is 10.9 Å². The predicted octanol–water partition coefficient (Wildman–Crippen LogP) is 1.58. The summed E-state index contributed by atoms with van der Waals surface area (Å²) < 4.78 is 47.2. The summed E-state index contributed by atoms with van der Waals surface area (Å²) in [6, 6.07) is 0. The molecule has 0 aliphatic rings. The molecular formula is C5H4F4N2. The van der Waals surface area contributed by atoms with E-state index in [1.165, 1.54) is 0 Å². The van der Waals surface area contributed by atoms with Crippen LogP contribution in [0.5, 0.6) is 0 Å². The normalized spacial score (nSPS) is 12.0. The third-order valence-corrected chi connectivity index (χ3v) is 0.943. The van der Waals surface area contributed by atoms with Gasteiger partial charge in [0.15, 0.2) is 5.82 Å². The van der Waals surface area contributed by atoms with Gasteiger partial charge in [0.1, 0.15) is 6.54 Å². The zero-order chi connectivity index (χ0) is 8.48. The van der Waals surface area contributed by atoms with Crippen LogP contribution in [0.2, 0.25) is 0 Å². The first-order valence-corrected chi connectivity index (χ1v) is 2.72. The maximum Gasteiger partial charge on any atom is 0.408 e. The predicted molar refractivity (Wildman–Crippen MR) is 28.2 cm³/mol. The molecule has 6 heteroatoms. The van der Waals surface area contributed by atoms with Crippen LogP contribution in [0.25, 0.3) is 0 Å². The van der Waals surface area contributed by atoms with Gasteiger partial charge < -0.3 is 0 Å². The van der Waals surface area contributed by atoms with Gasteiger partial charge in [-0.05, 0) is 0 Å². The van der Waals surface area contributed by atoms with Gasteiger partial charge in [0.2, 0.25) is 0 Å². The summed E-state index contributed by atoms with van der Waals surface area (Å²) in [5.41, 5.74) is 0. The lowest BCUT2D eigenvalue weighted by molar-refractivity contribution is -0.142. The molecule has 0 unspecified atom stereocenters. The summed E-state index contributed by atoms with van der Waals surface area (Å²) in [4.78, 5) is 0. The molecule has 11 heavy (non-hydrogen) atoms. The molecule has 0 fully saturated rings. The molecule has 0 aliphatic carbocycles. The first-order valence-electron chi connectivity index (χ1n) is 2.72. The van der Waals surface area contributed by atoms with Crippen LogP contribution in [0.1, 0.15) is 0 Å². The molecule has 0 atom stereocenters. The van der Waals surface area contributed by atoms with Crippen molar-refractivity contribution < 1.29 is 17.6 Å². The largest absolute Gasteiger partial charge is 0.408 e. The van der Waals surface area contributed by atoms with Crippen LogP contribution in [0, 0.1) is 5.82 Å². The molecule has 1 aromatic heterocycles. The van der Waals surface area contributed by atoms with Crippen LogP contribution >= 0.6 is 0 Å². The van der Waals surface area contributed by atoms with Gasteiger partial charge >= 0.3 is 6.18 Å². The van der Waals surface area contributed by atoms with Crippen molar-refractivity contribution >= 4 is 0 Å². The first-order chi connectivity index (χ1) is 4.97. The van der Waals surface area contributed by atoms with E-state index in [2.05, 4.69) is 5.10 Å². The lowest BCUT2D eigenvalue weighted by atomic mass is 10.6. The van der Waals surface area contributed by atoms with Crippen molar-refractivity contribution in [1.82, 2.24) is 9.78 Å². The summed E-state index contributed by atoms with van der Waals surface area (Å²) in [5, 5.41) is 3.12. The number of alkyl halides is 3. The standard InChI is InChI=1S/C5H4F4N2/c6-4-1-10-11(2-4)3-5(7,8)9/h1-2H,3H2. The van der Waals surface area contributed by atoms with Crippen molar-refractivity contribution in [2.24, 2.45) is 0 Å². The zero-order valence-corrected chi connectivity index (χ0v) is 5.27. The minimum atomic E-state index is -4.35. The SMILES string of the molecule is Fc1cnn(CC(F)(F)F)c1. The molecule has 0 aromatic carbocycles. The fraction of sp³-hybridized carbons (Fsp3) is 0.400. The van der Waals surface area contributed by atoms with E-state index in [9.17, 15) is 17.6 Å². The van der Waals surface area contributed by atoms with E-state index < -0.39 is 18.5 Å². The highest BCUT2D eigenvalue weighted by atomic mass is 19.4. The van der Waals surface area contributed by atoms with Gasteiger partial charge in [0, 0.05) is 0 Å². The van der Waals surface area contributed by atoms with Crippen molar-refractivity contribution in [3.63, 3.8) is 0 Å². The Balaban J connectivity index is 2.65. The highest BCUT2D eigenvalue weighted by Crippen LogP contribution is 2.16. The Kier molecular flexibility index (Phi) is 1.84. The van der Waals surface area contributed by atoms with Gasteiger partial charge in [0.25, 0.3) is 0 Å². The van der Waals surface area contributed by atoms with Crippen molar-refractivity contribution in [3.05, 3.63) is 18.2 Å². The smallest absolute Gasteiger partial charge is 0.261 e. The molecule has 0 saturated carbocycles. The summed E-state index contributed by atoms with van der Waals surface area (Å²) in [5.74, 6) is -0.769. The Morgan fingerprint density at radius 2 is 2.09 bits per heavy atom. The highest BCUT2D eigenvalue weighted by molar-refractivity contribution is 4.83. The van der Waals surface area contributed by atoms with Gasteiger partial charge in [-0.2, -0.15) is 18.3 Å². The van der Waals surface area contributed by atoms with Gasteiger partial charge in [-0.3, -0.25) is 4.68 Å². The average molecular weight is 168 g/mol. The first kappa shape index (κ1) is 8.03. The van der Waals surface area contributed by atoms with Crippen molar-refractivity contribution in [2.45, 2.75) is 12.7 Å². The molecule has 1 aromatic rings.